The number of guanidine groups is 1. The van der Waals surface area contributed by atoms with E-state index in [-0.39, 0.29) is 0 Å². The lowest BCUT2D eigenvalue weighted by molar-refractivity contribution is 0.0341. The van der Waals surface area contributed by atoms with Gasteiger partial charge < -0.3 is 20.1 Å². The van der Waals surface area contributed by atoms with Gasteiger partial charge >= 0.3 is 0 Å². The molecular formula is C24H34N4O2. The number of nitrogens with one attached hydrogen (secondary N) is 2. The minimum Gasteiger partial charge on any atom is -0.496 e. The predicted octanol–water partition coefficient (Wildman–Crippen LogP) is 2.74. The standard InChI is InChI=1S/C24H34N4O2/c1-19-8-9-23(29-3)20(16-19)10-11-26-24(25-2)27-17-21-6-4-5-7-22(21)18-28-12-14-30-15-13-28/h4-9,16H,10-15,17-18H2,1-3H3,(H2,25,26,27). The van der Waals surface area contributed by atoms with Gasteiger partial charge in [-0.3, -0.25) is 9.89 Å². The van der Waals surface area contributed by atoms with Crippen LogP contribution in [0.1, 0.15) is 22.3 Å². The lowest BCUT2D eigenvalue weighted by atomic mass is 10.1. The summed E-state index contributed by atoms with van der Waals surface area (Å²) >= 11 is 0. The summed E-state index contributed by atoms with van der Waals surface area (Å²) in [6.07, 6.45) is 0.874. The molecule has 2 N–H and O–H groups in total. The van der Waals surface area contributed by atoms with Crippen LogP contribution in [-0.4, -0.2) is 57.9 Å². The molecule has 30 heavy (non-hydrogen) atoms. The SMILES string of the molecule is CN=C(NCCc1cc(C)ccc1OC)NCc1ccccc1CN1CCOCC1. The van der Waals surface area contributed by atoms with E-state index in [2.05, 4.69) is 63.8 Å². The summed E-state index contributed by atoms with van der Waals surface area (Å²) in [5.41, 5.74) is 5.10. The number of morpholine rings is 1. The van der Waals surface area contributed by atoms with Gasteiger partial charge in [-0.05, 0) is 36.1 Å². The van der Waals surface area contributed by atoms with Crippen LogP contribution in [-0.2, 0) is 24.2 Å². The minimum atomic E-state index is 0.744. The summed E-state index contributed by atoms with van der Waals surface area (Å²) in [6.45, 7) is 8.22. The first-order valence-electron chi connectivity index (χ1n) is 10.6. The van der Waals surface area contributed by atoms with Gasteiger partial charge in [0.15, 0.2) is 5.96 Å². The smallest absolute Gasteiger partial charge is 0.191 e. The summed E-state index contributed by atoms with van der Waals surface area (Å²) in [4.78, 5) is 6.83. The van der Waals surface area contributed by atoms with E-state index in [1.807, 2.05) is 13.1 Å². The van der Waals surface area contributed by atoms with Crippen LogP contribution >= 0.6 is 0 Å². The van der Waals surface area contributed by atoms with Gasteiger partial charge in [0.05, 0.1) is 20.3 Å². The van der Waals surface area contributed by atoms with Crippen LogP contribution < -0.4 is 15.4 Å². The zero-order valence-electron chi connectivity index (χ0n) is 18.4. The molecule has 0 amide bonds. The summed E-state index contributed by atoms with van der Waals surface area (Å²) in [6, 6.07) is 14.9. The number of rotatable bonds is 8. The lowest BCUT2D eigenvalue weighted by Gasteiger charge is -2.27. The second-order valence-corrected chi connectivity index (χ2v) is 7.58. The number of ether oxygens (including phenoxy) is 2. The Labute approximate surface area is 180 Å². The number of aryl methyl sites for hydroxylation is 1. The highest BCUT2D eigenvalue weighted by molar-refractivity contribution is 5.79. The molecule has 0 aliphatic carbocycles. The van der Waals surface area contributed by atoms with E-state index in [0.29, 0.717) is 0 Å². The molecule has 0 aromatic heterocycles. The van der Waals surface area contributed by atoms with Crippen molar-refractivity contribution >= 4 is 5.96 Å². The molecule has 0 saturated carbocycles. The predicted molar refractivity (Wildman–Crippen MR) is 122 cm³/mol. The number of hydrogen-bond acceptors (Lipinski definition) is 4. The Morgan fingerprint density at radius 3 is 2.57 bits per heavy atom. The molecule has 3 rings (SSSR count). The number of aliphatic imine (C=N–C) groups is 1. The summed E-state index contributed by atoms with van der Waals surface area (Å²) < 4.78 is 10.9. The molecule has 162 valence electrons. The van der Waals surface area contributed by atoms with Crippen LogP contribution in [0.5, 0.6) is 5.75 Å². The highest BCUT2D eigenvalue weighted by atomic mass is 16.5. The van der Waals surface area contributed by atoms with Crippen molar-refractivity contribution in [2.45, 2.75) is 26.4 Å². The molecule has 1 saturated heterocycles. The average Bonchev–Trinajstić information content (AvgIpc) is 2.78. The maximum Gasteiger partial charge on any atom is 0.191 e. The average molecular weight is 411 g/mol. The minimum absolute atomic E-state index is 0.744. The molecule has 0 bridgehead atoms. The molecule has 2 aromatic rings. The molecule has 2 aromatic carbocycles. The van der Waals surface area contributed by atoms with Gasteiger partial charge in [-0.25, -0.2) is 0 Å². The third kappa shape index (κ3) is 6.47. The van der Waals surface area contributed by atoms with Crippen molar-refractivity contribution in [2.75, 3.05) is 47.0 Å². The maximum atomic E-state index is 5.48. The van der Waals surface area contributed by atoms with E-state index in [0.717, 1.165) is 64.1 Å². The second-order valence-electron chi connectivity index (χ2n) is 7.58. The Balaban J connectivity index is 1.51. The number of benzene rings is 2. The van der Waals surface area contributed by atoms with Crippen LogP contribution in [0.25, 0.3) is 0 Å². The van der Waals surface area contributed by atoms with Crippen molar-refractivity contribution in [3.05, 3.63) is 64.7 Å². The van der Waals surface area contributed by atoms with Crippen LogP contribution in [0.2, 0.25) is 0 Å². The Kier molecular flexibility index (Phi) is 8.53. The van der Waals surface area contributed by atoms with E-state index in [1.54, 1.807) is 7.11 Å². The third-order valence-corrected chi connectivity index (χ3v) is 5.41. The van der Waals surface area contributed by atoms with Gasteiger partial charge in [-0.15, -0.1) is 0 Å². The molecule has 1 aliphatic heterocycles. The summed E-state index contributed by atoms with van der Waals surface area (Å²) in [5, 5.41) is 6.87. The van der Waals surface area contributed by atoms with Crippen LogP contribution in [0.15, 0.2) is 47.5 Å². The number of nitrogens with zero attached hydrogens (tertiary/aromatic N) is 2. The van der Waals surface area contributed by atoms with Crippen molar-refractivity contribution in [3.8, 4) is 5.75 Å². The zero-order valence-corrected chi connectivity index (χ0v) is 18.4. The van der Waals surface area contributed by atoms with Gasteiger partial charge in [0, 0.05) is 39.8 Å². The molecule has 1 fully saturated rings. The van der Waals surface area contributed by atoms with Gasteiger partial charge in [-0.1, -0.05) is 42.0 Å². The molecular weight excluding hydrogens is 376 g/mol. The van der Waals surface area contributed by atoms with Crippen LogP contribution in [0.3, 0.4) is 0 Å². The van der Waals surface area contributed by atoms with Crippen LogP contribution in [0.4, 0.5) is 0 Å². The monoisotopic (exact) mass is 410 g/mol. The molecule has 1 aliphatic rings. The molecule has 0 unspecified atom stereocenters. The molecule has 0 radical (unpaired) electrons. The van der Waals surface area contributed by atoms with Crippen molar-refractivity contribution in [2.24, 2.45) is 4.99 Å². The van der Waals surface area contributed by atoms with Crippen molar-refractivity contribution in [3.63, 3.8) is 0 Å². The second kappa shape index (κ2) is 11.6. The quantitative estimate of drug-likeness (QED) is 0.518. The molecule has 0 spiro atoms. The fourth-order valence-electron chi connectivity index (χ4n) is 3.70. The van der Waals surface area contributed by atoms with Gasteiger partial charge in [-0.2, -0.15) is 0 Å². The summed E-state index contributed by atoms with van der Waals surface area (Å²) in [7, 11) is 3.53. The Bertz CT molecular complexity index is 832. The number of methoxy groups -OCH3 is 1. The van der Waals surface area contributed by atoms with E-state index >= 15 is 0 Å². The highest BCUT2D eigenvalue weighted by Crippen LogP contribution is 2.19. The van der Waals surface area contributed by atoms with E-state index < -0.39 is 0 Å². The first-order chi connectivity index (χ1) is 14.7. The van der Waals surface area contributed by atoms with E-state index in [1.165, 1.54) is 22.3 Å². The first kappa shape index (κ1) is 22.1. The van der Waals surface area contributed by atoms with E-state index in [4.69, 9.17) is 9.47 Å². The largest absolute Gasteiger partial charge is 0.496 e. The normalized spacial score (nSPS) is 15.1. The lowest BCUT2D eigenvalue weighted by Crippen LogP contribution is -2.38. The topological polar surface area (TPSA) is 58.1 Å². The summed E-state index contributed by atoms with van der Waals surface area (Å²) in [5.74, 6) is 1.74. The Morgan fingerprint density at radius 2 is 1.83 bits per heavy atom. The molecule has 1 heterocycles. The maximum absolute atomic E-state index is 5.48. The molecule has 6 heteroatoms. The van der Waals surface area contributed by atoms with Gasteiger partial charge in [0.25, 0.3) is 0 Å². The third-order valence-electron chi connectivity index (χ3n) is 5.41. The van der Waals surface area contributed by atoms with E-state index in [9.17, 15) is 0 Å². The van der Waals surface area contributed by atoms with Crippen molar-refractivity contribution in [1.29, 1.82) is 0 Å². The highest BCUT2D eigenvalue weighted by Gasteiger charge is 2.13. The van der Waals surface area contributed by atoms with Gasteiger partial charge in [0.2, 0.25) is 0 Å². The fraction of sp³-hybridized carbons (Fsp3) is 0.458. The Morgan fingerprint density at radius 1 is 1.07 bits per heavy atom. The molecule has 0 atom stereocenters. The van der Waals surface area contributed by atoms with Crippen molar-refractivity contribution in [1.82, 2.24) is 15.5 Å². The van der Waals surface area contributed by atoms with Crippen LogP contribution in [0, 0.1) is 6.92 Å². The van der Waals surface area contributed by atoms with Crippen molar-refractivity contribution < 1.29 is 9.47 Å². The first-order valence-corrected chi connectivity index (χ1v) is 10.6. The fourth-order valence-corrected chi connectivity index (χ4v) is 3.70. The number of hydrogen-bond donors (Lipinski definition) is 2. The zero-order chi connectivity index (χ0) is 21.2. The molecule has 6 nitrogen and oxygen atoms in total. The van der Waals surface area contributed by atoms with Gasteiger partial charge in [0.1, 0.15) is 5.75 Å². The Hall–Kier alpha value is -2.57.